The van der Waals surface area contributed by atoms with Crippen LogP contribution in [0.15, 0.2) is 71.6 Å². The molecular weight excluding hydrogens is 552 g/mol. The van der Waals surface area contributed by atoms with Gasteiger partial charge in [-0.2, -0.15) is 4.31 Å². The second-order valence-electron chi connectivity index (χ2n) is 9.79. The average Bonchev–Trinajstić information content (AvgIpc) is 3.29. The first kappa shape index (κ1) is 30.7. The number of rotatable bonds is 10. The van der Waals surface area contributed by atoms with Crippen LogP contribution in [0, 0.1) is 13.8 Å². The fourth-order valence-corrected chi connectivity index (χ4v) is 6.37. The van der Waals surface area contributed by atoms with E-state index in [0.29, 0.717) is 17.2 Å². The predicted molar refractivity (Wildman–Crippen MR) is 163 cm³/mol. The van der Waals surface area contributed by atoms with E-state index in [0.717, 1.165) is 34.3 Å². The number of fused-ring (bicyclic) bond motifs is 1. The van der Waals surface area contributed by atoms with Gasteiger partial charge in [0.25, 0.3) is 5.91 Å². The lowest BCUT2D eigenvalue weighted by molar-refractivity contribution is 0.0986. The average molecular weight is 587 g/mol. The van der Waals surface area contributed by atoms with Crippen LogP contribution in [0.5, 0.6) is 0 Å². The maximum atomic E-state index is 13.7. The third-order valence-corrected chi connectivity index (χ3v) is 9.37. The largest absolute Gasteiger partial charge is 0.309 e. The van der Waals surface area contributed by atoms with E-state index in [1.54, 1.807) is 24.1 Å². The number of halogens is 1. The number of aromatic nitrogens is 1. The molecule has 7 nitrogen and oxygen atoms in total. The van der Waals surface area contributed by atoms with Gasteiger partial charge in [0, 0.05) is 25.7 Å². The fraction of sp³-hybridized carbons (Fsp3) is 0.310. The van der Waals surface area contributed by atoms with E-state index in [9.17, 15) is 13.2 Å². The lowest BCUT2D eigenvalue weighted by Gasteiger charge is -2.21. The van der Waals surface area contributed by atoms with Crippen LogP contribution in [0.3, 0.4) is 0 Å². The Labute approximate surface area is 241 Å². The van der Waals surface area contributed by atoms with Gasteiger partial charge in [0.1, 0.15) is 0 Å². The van der Waals surface area contributed by atoms with Crippen molar-refractivity contribution in [1.82, 2.24) is 14.2 Å². The number of benzene rings is 3. The quantitative estimate of drug-likeness (QED) is 0.236. The molecule has 0 fully saturated rings. The molecule has 0 aliphatic rings. The number of hydrogen-bond donors (Lipinski definition) is 0. The van der Waals surface area contributed by atoms with Crippen LogP contribution < -0.4 is 4.90 Å². The van der Waals surface area contributed by atoms with Crippen molar-refractivity contribution in [2.75, 3.05) is 39.1 Å². The number of aryl methyl sites for hydroxylation is 2. The monoisotopic (exact) mass is 586 g/mol. The minimum atomic E-state index is -3.71. The molecule has 0 saturated heterocycles. The molecule has 3 aromatic carbocycles. The molecule has 0 bridgehead atoms. The van der Waals surface area contributed by atoms with E-state index in [2.05, 4.69) is 30.9 Å². The smallest absolute Gasteiger partial charge is 0.260 e. The zero-order valence-electron chi connectivity index (χ0n) is 22.9. The van der Waals surface area contributed by atoms with Crippen molar-refractivity contribution in [3.05, 3.63) is 89.0 Å². The van der Waals surface area contributed by atoms with Crippen molar-refractivity contribution < 1.29 is 13.2 Å². The number of anilines is 1. The molecule has 0 aliphatic heterocycles. The number of thiazole rings is 1. The van der Waals surface area contributed by atoms with Gasteiger partial charge in [-0.25, -0.2) is 13.4 Å². The maximum Gasteiger partial charge on any atom is 0.260 e. The van der Waals surface area contributed by atoms with Gasteiger partial charge in [0.2, 0.25) is 10.0 Å². The highest BCUT2D eigenvalue weighted by Gasteiger charge is 2.24. The summed E-state index contributed by atoms with van der Waals surface area (Å²) in [5.74, 6) is -0.196. The normalized spacial score (nSPS) is 11.7. The van der Waals surface area contributed by atoms with Gasteiger partial charge in [0.15, 0.2) is 5.13 Å². The Morgan fingerprint density at radius 3 is 2.18 bits per heavy atom. The van der Waals surface area contributed by atoms with E-state index >= 15 is 0 Å². The first-order valence-corrected chi connectivity index (χ1v) is 14.8. The molecule has 0 unspecified atom stereocenters. The van der Waals surface area contributed by atoms with Gasteiger partial charge in [-0.3, -0.25) is 9.69 Å². The second-order valence-corrected chi connectivity index (χ2v) is 12.8. The molecule has 0 saturated carbocycles. The lowest BCUT2D eigenvalue weighted by atomic mass is 10.1. The number of sulfonamides is 1. The van der Waals surface area contributed by atoms with Gasteiger partial charge in [-0.1, -0.05) is 41.7 Å². The molecule has 0 spiro atoms. The second kappa shape index (κ2) is 13.0. The molecule has 0 atom stereocenters. The Kier molecular flexibility index (Phi) is 10.3. The predicted octanol–water partition coefficient (Wildman–Crippen LogP) is 5.75. The Morgan fingerprint density at radius 2 is 1.54 bits per heavy atom. The summed E-state index contributed by atoms with van der Waals surface area (Å²) in [6, 6.07) is 19.8. The van der Waals surface area contributed by atoms with E-state index in [1.165, 1.54) is 33.3 Å². The molecule has 0 radical (unpaired) electrons. The molecule has 1 aromatic heterocycles. The molecule has 0 N–H and O–H groups in total. The van der Waals surface area contributed by atoms with Gasteiger partial charge >= 0.3 is 0 Å². The van der Waals surface area contributed by atoms with E-state index in [-0.39, 0.29) is 29.8 Å². The zero-order chi connectivity index (χ0) is 27.4. The maximum absolute atomic E-state index is 13.7. The highest BCUT2D eigenvalue weighted by molar-refractivity contribution is 7.89. The minimum absolute atomic E-state index is 0. The van der Waals surface area contributed by atoms with Gasteiger partial charge in [-0.05, 0) is 94.0 Å². The first-order chi connectivity index (χ1) is 18.1. The molecule has 39 heavy (non-hydrogen) atoms. The van der Waals surface area contributed by atoms with Crippen molar-refractivity contribution in [3.8, 4) is 0 Å². The lowest BCUT2D eigenvalue weighted by Crippen LogP contribution is -2.33. The summed E-state index contributed by atoms with van der Waals surface area (Å²) < 4.78 is 28.7. The molecule has 1 amide bonds. The summed E-state index contributed by atoms with van der Waals surface area (Å²) >= 11 is 1.50. The summed E-state index contributed by atoms with van der Waals surface area (Å²) in [5, 5.41) is 0.646. The van der Waals surface area contributed by atoms with E-state index in [1.807, 2.05) is 44.4 Å². The minimum Gasteiger partial charge on any atom is -0.309 e. The molecule has 4 aromatic rings. The van der Waals surface area contributed by atoms with Gasteiger partial charge < -0.3 is 4.90 Å². The summed E-state index contributed by atoms with van der Waals surface area (Å²) in [5.41, 5.74) is 4.55. The summed E-state index contributed by atoms with van der Waals surface area (Å²) in [7, 11) is 1.86. The van der Waals surface area contributed by atoms with Crippen molar-refractivity contribution >= 4 is 55.0 Å². The first-order valence-electron chi connectivity index (χ1n) is 12.5. The summed E-state index contributed by atoms with van der Waals surface area (Å²) in [4.78, 5) is 22.4. The van der Waals surface area contributed by atoms with Crippen LogP contribution in [0.1, 0.15) is 33.5 Å². The standard InChI is InChI=1S/C29H34N4O3S2.ClH/c1-21-18-26-27(19-22(21)2)37-29(30-26)33(17-9-16-31(3)4)28(34)24-12-14-25(15-13-24)38(35,36)32(5)20-23-10-7-6-8-11-23;/h6-8,10-15,18-19H,9,16-17,20H2,1-5H3;1H. The molecular formula is C29H35ClN4O3S2. The highest BCUT2D eigenvalue weighted by atomic mass is 35.5. The fourth-order valence-electron chi connectivity index (χ4n) is 4.14. The van der Waals surface area contributed by atoms with Crippen LogP contribution in [-0.2, 0) is 16.6 Å². The topological polar surface area (TPSA) is 73.8 Å². The third kappa shape index (κ3) is 7.23. The molecule has 4 rings (SSSR count). The molecule has 1 heterocycles. The Hall–Kier alpha value is -2.82. The molecule has 208 valence electrons. The number of amides is 1. The Bertz CT molecular complexity index is 1480. The zero-order valence-corrected chi connectivity index (χ0v) is 25.4. The van der Waals surface area contributed by atoms with Crippen LogP contribution >= 0.6 is 23.7 Å². The van der Waals surface area contributed by atoms with Crippen molar-refractivity contribution in [1.29, 1.82) is 0 Å². The number of nitrogens with zero attached hydrogens (tertiary/aromatic N) is 4. The van der Waals surface area contributed by atoms with Crippen molar-refractivity contribution in [2.24, 2.45) is 0 Å². The Morgan fingerprint density at radius 1 is 0.897 bits per heavy atom. The van der Waals surface area contributed by atoms with Gasteiger partial charge in [-0.15, -0.1) is 12.4 Å². The highest BCUT2D eigenvalue weighted by Crippen LogP contribution is 2.32. The van der Waals surface area contributed by atoms with E-state index in [4.69, 9.17) is 4.98 Å². The van der Waals surface area contributed by atoms with Crippen LogP contribution in [0.4, 0.5) is 5.13 Å². The summed E-state index contributed by atoms with van der Waals surface area (Å²) in [6.07, 6.45) is 0.781. The van der Waals surface area contributed by atoms with Crippen LogP contribution in [-0.4, -0.2) is 62.7 Å². The van der Waals surface area contributed by atoms with Crippen LogP contribution in [0.2, 0.25) is 0 Å². The van der Waals surface area contributed by atoms with Crippen molar-refractivity contribution in [2.45, 2.75) is 31.7 Å². The van der Waals surface area contributed by atoms with Gasteiger partial charge in [0.05, 0.1) is 15.1 Å². The SMILES string of the molecule is Cc1cc2nc(N(CCCN(C)C)C(=O)c3ccc(S(=O)(=O)N(C)Cc4ccccc4)cc3)sc2cc1C.Cl. The third-order valence-electron chi connectivity index (χ3n) is 6.51. The number of hydrogen-bond acceptors (Lipinski definition) is 6. The number of carbonyl (C=O) groups is 1. The molecule has 10 heteroatoms. The van der Waals surface area contributed by atoms with E-state index < -0.39 is 10.0 Å². The summed E-state index contributed by atoms with van der Waals surface area (Å²) in [6.45, 7) is 5.73. The number of carbonyl (C=O) groups excluding carboxylic acids is 1. The van der Waals surface area contributed by atoms with Crippen LogP contribution in [0.25, 0.3) is 10.2 Å². The Balaban J connectivity index is 0.00000420. The van der Waals surface area contributed by atoms with Crippen molar-refractivity contribution in [3.63, 3.8) is 0 Å². The molecule has 0 aliphatic carbocycles.